The van der Waals surface area contributed by atoms with Crippen molar-refractivity contribution in [2.24, 2.45) is 0 Å². The zero-order valence-corrected chi connectivity index (χ0v) is 11.6. The Morgan fingerprint density at radius 1 is 1.11 bits per heavy atom. The molecule has 0 fully saturated rings. The Bertz CT molecular complexity index is 544. The van der Waals surface area contributed by atoms with Crippen LogP contribution in [0.3, 0.4) is 0 Å². The predicted molar refractivity (Wildman–Crippen MR) is 81.7 cm³/mol. The quantitative estimate of drug-likeness (QED) is 0.827. The first-order valence-corrected chi connectivity index (χ1v) is 6.58. The summed E-state index contributed by atoms with van der Waals surface area (Å²) in [6.45, 7) is 4.90. The molecule has 0 spiro atoms. The molecule has 94 valence electrons. The number of hydrogen-bond donors (Lipinski definition) is 2. The van der Waals surface area contributed by atoms with Crippen molar-refractivity contribution in [3.05, 3.63) is 48.0 Å². The van der Waals surface area contributed by atoms with Gasteiger partial charge in [-0.3, -0.25) is 0 Å². The van der Waals surface area contributed by atoms with Gasteiger partial charge in [-0.05, 0) is 42.4 Å². The Morgan fingerprint density at radius 3 is 2.61 bits per heavy atom. The van der Waals surface area contributed by atoms with E-state index in [1.165, 1.54) is 16.3 Å². The summed E-state index contributed by atoms with van der Waals surface area (Å²) in [4.78, 5) is 0. The van der Waals surface area contributed by atoms with Crippen LogP contribution in [0.25, 0.3) is 10.8 Å². The second-order valence-corrected chi connectivity index (χ2v) is 5.03. The molecular weight excluding hydrogens is 240 g/mol. The summed E-state index contributed by atoms with van der Waals surface area (Å²) in [7, 11) is 0. The first-order chi connectivity index (χ1) is 8.66. The number of rotatable bonds is 3. The second kappa shape index (κ2) is 5.83. The maximum Gasteiger partial charge on any atom is 0.166 e. The van der Waals surface area contributed by atoms with E-state index in [0.29, 0.717) is 11.2 Å². The third kappa shape index (κ3) is 3.20. The van der Waals surface area contributed by atoms with Gasteiger partial charge in [0.05, 0.1) is 0 Å². The monoisotopic (exact) mass is 258 g/mol. The van der Waals surface area contributed by atoms with Crippen LogP contribution in [0.15, 0.2) is 42.5 Å². The predicted octanol–water partition coefficient (Wildman–Crippen LogP) is 3.21. The lowest BCUT2D eigenvalue weighted by molar-refractivity contribution is 0.713. The average Bonchev–Trinajstić information content (AvgIpc) is 2.35. The Hall–Kier alpha value is -1.61. The van der Waals surface area contributed by atoms with Crippen LogP contribution in [0.5, 0.6) is 0 Å². The van der Waals surface area contributed by atoms with Gasteiger partial charge in [-0.1, -0.05) is 42.5 Å². The molecule has 0 aliphatic carbocycles. The van der Waals surface area contributed by atoms with Crippen molar-refractivity contribution in [1.29, 1.82) is 0 Å². The van der Waals surface area contributed by atoms with E-state index >= 15 is 0 Å². The molecule has 0 atom stereocenters. The molecule has 0 saturated heterocycles. The van der Waals surface area contributed by atoms with Gasteiger partial charge in [0.1, 0.15) is 0 Å². The largest absolute Gasteiger partial charge is 0.361 e. The Balaban J connectivity index is 2.10. The lowest BCUT2D eigenvalue weighted by Gasteiger charge is -2.14. The zero-order chi connectivity index (χ0) is 13.0. The van der Waals surface area contributed by atoms with E-state index in [1.54, 1.807) is 0 Å². The zero-order valence-electron chi connectivity index (χ0n) is 10.7. The molecule has 0 amide bonds. The highest BCUT2D eigenvalue weighted by Gasteiger charge is 2.02. The molecule has 0 aromatic heterocycles. The van der Waals surface area contributed by atoms with Crippen molar-refractivity contribution in [1.82, 2.24) is 10.6 Å². The number of thiocarbonyl (C=S) groups is 1. The number of nitrogens with one attached hydrogen (secondary N) is 2. The van der Waals surface area contributed by atoms with Crippen LogP contribution >= 0.6 is 12.2 Å². The van der Waals surface area contributed by atoms with Gasteiger partial charge in [0, 0.05) is 12.6 Å². The maximum absolute atomic E-state index is 5.23. The van der Waals surface area contributed by atoms with Crippen LogP contribution in [-0.4, -0.2) is 11.2 Å². The van der Waals surface area contributed by atoms with Gasteiger partial charge in [-0.2, -0.15) is 0 Å². The molecule has 18 heavy (non-hydrogen) atoms. The Morgan fingerprint density at radius 2 is 1.83 bits per heavy atom. The summed E-state index contributed by atoms with van der Waals surface area (Å²) in [6, 6.07) is 15.1. The number of hydrogen-bond acceptors (Lipinski definition) is 1. The van der Waals surface area contributed by atoms with E-state index in [0.717, 1.165) is 6.54 Å². The van der Waals surface area contributed by atoms with E-state index in [4.69, 9.17) is 12.2 Å². The maximum atomic E-state index is 5.23. The smallest absolute Gasteiger partial charge is 0.166 e. The first kappa shape index (κ1) is 12.8. The fourth-order valence-corrected chi connectivity index (χ4v) is 2.24. The molecule has 0 aliphatic rings. The van der Waals surface area contributed by atoms with E-state index in [1.807, 2.05) is 0 Å². The van der Waals surface area contributed by atoms with Crippen molar-refractivity contribution >= 4 is 28.1 Å². The number of benzene rings is 2. The topological polar surface area (TPSA) is 24.1 Å². The minimum absolute atomic E-state index is 0.359. The van der Waals surface area contributed by atoms with Crippen molar-refractivity contribution in [3.63, 3.8) is 0 Å². The minimum Gasteiger partial charge on any atom is -0.361 e. The second-order valence-electron chi connectivity index (χ2n) is 4.62. The van der Waals surface area contributed by atoms with Crippen molar-refractivity contribution in [2.75, 3.05) is 0 Å². The summed E-state index contributed by atoms with van der Waals surface area (Å²) in [6.07, 6.45) is 0. The van der Waals surface area contributed by atoms with E-state index in [2.05, 4.69) is 66.9 Å². The molecule has 3 heteroatoms. The van der Waals surface area contributed by atoms with Gasteiger partial charge in [0.2, 0.25) is 0 Å². The van der Waals surface area contributed by atoms with Crippen LogP contribution < -0.4 is 10.6 Å². The molecule has 0 bridgehead atoms. The molecule has 0 aliphatic heterocycles. The molecule has 2 nitrogen and oxygen atoms in total. The molecule has 2 rings (SSSR count). The third-order valence-electron chi connectivity index (χ3n) is 2.74. The van der Waals surface area contributed by atoms with Gasteiger partial charge < -0.3 is 10.6 Å². The minimum atomic E-state index is 0.359. The van der Waals surface area contributed by atoms with Gasteiger partial charge in [0.15, 0.2) is 5.11 Å². The summed E-state index contributed by atoms with van der Waals surface area (Å²) in [5.41, 5.74) is 1.26. The van der Waals surface area contributed by atoms with Crippen LogP contribution in [0, 0.1) is 0 Å². The Kier molecular flexibility index (Phi) is 4.15. The highest BCUT2D eigenvalue weighted by Crippen LogP contribution is 2.18. The lowest BCUT2D eigenvalue weighted by atomic mass is 10.0. The van der Waals surface area contributed by atoms with Gasteiger partial charge in [-0.15, -0.1) is 0 Å². The highest BCUT2D eigenvalue weighted by atomic mass is 32.1. The normalized spacial score (nSPS) is 10.6. The molecular formula is C15H18N2S. The molecule has 0 radical (unpaired) electrons. The standard InChI is InChI=1S/C15H18N2S/c1-11(2)17-15(18)16-10-13-8-5-7-12-6-3-4-9-14(12)13/h3-9,11H,10H2,1-2H3,(H2,16,17,18). The highest BCUT2D eigenvalue weighted by molar-refractivity contribution is 7.80. The van der Waals surface area contributed by atoms with Crippen molar-refractivity contribution in [3.8, 4) is 0 Å². The van der Waals surface area contributed by atoms with Gasteiger partial charge in [0.25, 0.3) is 0 Å². The first-order valence-electron chi connectivity index (χ1n) is 6.18. The van der Waals surface area contributed by atoms with Gasteiger partial charge in [-0.25, -0.2) is 0 Å². The van der Waals surface area contributed by atoms with Crippen molar-refractivity contribution < 1.29 is 0 Å². The van der Waals surface area contributed by atoms with Crippen LogP contribution in [-0.2, 0) is 6.54 Å². The molecule has 2 aromatic carbocycles. The molecule has 0 saturated carbocycles. The van der Waals surface area contributed by atoms with Crippen LogP contribution in [0.4, 0.5) is 0 Å². The average molecular weight is 258 g/mol. The van der Waals surface area contributed by atoms with E-state index in [9.17, 15) is 0 Å². The van der Waals surface area contributed by atoms with E-state index < -0.39 is 0 Å². The molecule has 0 unspecified atom stereocenters. The number of fused-ring (bicyclic) bond motifs is 1. The van der Waals surface area contributed by atoms with Crippen LogP contribution in [0.2, 0.25) is 0 Å². The Labute approximate surface area is 113 Å². The SMILES string of the molecule is CC(C)NC(=S)NCc1cccc2ccccc12. The summed E-state index contributed by atoms with van der Waals surface area (Å²) in [5, 5.41) is 9.67. The third-order valence-corrected chi connectivity index (χ3v) is 3.00. The summed E-state index contributed by atoms with van der Waals surface area (Å²) in [5.74, 6) is 0. The van der Waals surface area contributed by atoms with Crippen molar-refractivity contribution in [2.45, 2.75) is 26.4 Å². The van der Waals surface area contributed by atoms with E-state index in [-0.39, 0.29) is 0 Å². The van der Waals surface area contributed by atoms with Gasteiger partial charge >= 0.3 is 0 Å². The fraction of sp³-hybridized carbons (Fsp3) is 0.267. The van der Waals surface area contributed by atoms with Crippen LogP contribution in [0.1, 0.15) is 19.4 Å². The summed E-state index contributed by atoms with van der Waals surface area (Å²) >= 11 is 5.23. The molecule has 2 N–H and O–H groups in total. The lowest BCUT2D eigenvalue weighted by Crippen LogP contribution is -2.38. The fourth-order valence-electron chi connectivity index (χ4n) is 1.94. The molecule has 2 aromatic rings. The molecule has 0 heterocycles. The summed E-state index contributed by atoms with van der Waals surface area (Å²) < 4.78 is 0.